The molecule has 1 atom stereocenters. The molecule has 2 rings (SSSR count). The van der Waals surface area contributed by atoms with Gasteiger partial charge in [-0.05, 0) is 43.0 Å². The lowest BCUT2D eigenvalue weighted by Gasteiger charge is -2.23. The summed E-state index contributed by atoms with van der Waals surface area (Å²) >= 11 is 0. The van der Waals surface area contributed by atoms with Gasteiger partial charge in [-0.15, -0.1) is 0 Å². The fraction of sp³-hybridized carbons (Fsp3) is 0.562. The SMILES string of the molecule is CC(C)c1ccc(OCC(=O)NC2CCCNC2)cc1. The van der Waals surface area contributed by atoms with Gasteiger partial charge in [-0.2, -0.15) is 0 Å². The Labute approximate surface area is 120 Å². The van der Waals surface area contributed by atoms with E-state index in [9.17, 15) is 4.79 Å². The smallest absolute Gasteiger partial charge is 0.258 e. The molecule has 0 radical (unpaired) electrons. The van der Waals surface area contributed by atoms with Crippen molar-refractivity contribution >= 4 is 5.91 Å². The average molecular weight is 276 g/mol. The highest BCUT2D eigenvalue weighted by molar-refractivity contribution is 5.77. The van der Waals surface area contributed by atoms with Gasteiger partial charge in [0.2, 0.25) is 0 Å². The number of hydrogen-bond acceptors (Lipinski definition) is 3. The van der Waals surface area contributed by atoms with Crippen LogP contribution in [0, 0.1) is 0 Å². The Kier molecular flexibility index (Phi) is 5.41. The van der Waals surface area contributed by atoms with Gasteiger partial charge < -0.3 is 15.4 Å². The third-order valence-corrected chi connectivity index (χ3v) is 3.58. The van der Waals surface area contributed by atoms with Crippen molar-refractivity contribution in [2.24, 2.45) is 0 Å². The van der Waals surface area contributed by atoms with E-state index in [0.29, 0.717) is 5.92 Å². The van der Waals surface area contributed by atoms with Crippen molar-refractivity contribution < 1.29 is 9.53 Å². The summed E-state index contributed by atoms with van der Waals surface area (Å²) < 4.78 is 5.51. The molecule has 1 unspecified atom stereocenters. The normalized spacial score (nSPS) is 18.9. The number of hydrogen-bond donors (Lipinski definition) is 2. The van der Waals surface area contributed by atoms with Crippen LogP contribution in [0.1, 0.15) is 38.2 Å². The van der Waals surface area contributed by atoms with Crippen LogP contribution in [-0.2, 0) is 4.79 Å². The molecule has 0 saturated carbocycles. The number of amides is 1. The summed E-state index contributed by atoms with van der Waals surface area (Å²) in [6.07, 6.45) is 2.16. The van der Waals surface area contributed by atoms with Crippen LogP contribution in [0.25, 0.3) is 0 Å². The van der Waals surface area contributed by atoms with E-state index in [1.165, 1.54) is 5.56 Å². The van der Waals surface area contributed by atoms with Crippen LogP contribution in [0.5, 0.6) is 5.75 Å². The maximum Gasteiger partial charge on any atom is 0.258 e. The Morgan fingerprint density at radius 2 is 2.15 bits per heavy atom. The zero-order valence-corrected chi connectivity index (χ0v) is 12.3. The summed E-state index contributed by atoms with van der Waals surface area (Å²) in [6, 6.07) is 8.17. The lowest BCUT2D eigenvalue weighted by molar-refractivity contribution is -0.123. The van der Waals surface area contributed by atoms with Crippen molar-refractivity contribution in [1.82, 2.24) is 10.6 Å². The minimum atomic E-state index is -0.0494. The third kappa shape index (κ3) is 4.53. The minimum absolute atomic E-state index is 0.0494. The van der Waals surface area contributed by atoms with Gasteiger partial charge in [0.05, 0.1) is 0 Å². The van der Waals surface area contributed by atoms with E-state index in [4.69, 9.17) is 4.74 Å². The number of carbonyl (C=O) groups is 1. The zero-order valence-electron chi connectivity index (χ0n) is 12.3. The van der Waals surface area contributed by atoms with E-state index < -0.39 is 0 Å². The van der Waals surface area contributed by atoms with Crippen LogP contribution in [-0.4, -0.2) is 31.6 Å². The van der Waals surface area contributed by atoms with E-state index in [0.717, 1.165) is 31.7 Å². The largest absolute Gasteiger partial charge is 0.484 e. The van der Waals surface area contributed by atoms with Crippen molar-refractivity contribution in [2.75, 3.05) is 19.7 Å². The van der Waals surface area contributed by atoms with E-state index in [1.807, 2.05) is 24.3 Å². The molecule has 1 aliphatic rings. The number of piperidine rings is 1. The van der Waals surface area contributed by atoms with E-state index in [-0.39, 0.29) is 18.6 Å². The average Bonchev–Trinajstić information content (AvgIpc) is 2.46. The quantitative estimate of drug-likeness (QED) is 0.865. The maximum absolute atomic E-state index is 11.8. The first kappa shape index (κ1) is 14.9. The minimum Gasteiger partial charge on any atom is -0.484 e. The second-order valence-electron chi connectivity index (χ2n) is 5.62. The topological polar surface area (TPSA) is 50.4 Å². The molecule has 1 aromatic carbocycles. The van der Waals surface area contributed by atoms with Gasteiger partial charge >= 0.3 is 0 Å². The molecule has 1 aliphatic heterocycles. The number of ether oxygens (including phenoxy) is 1. The van der Waals surface area contributed by atoms with Gasteiger partial charge in [0.15, 0.2) is 6.61 Å². The standard InChI is InChI=1S/C16H24N2O2/c1-12(2)13-5-7-15(8-6-13)20-11-16(19)18-14-4-3-9-17-10-14/h5-8,12,14,17H,3-4,9-11H2,1-2H3,(H,18,19). The highest BCUT2D eigenvalue weighted by Crippen LogP contribution is 2.18. The Morgan fingerprint density at radius 1 is 1.40 bits per heavy atom. The molecular weight excluding hydrogens is 252 g/mol. The molecule has 0 aromatic heterocycles. The van der Waals surface area contributed by atoms with Gasteiger partial charge in [0.25, 0.3) is 5.91 Å². The van der Waals surface area contributed by atoms with Crippen molar-refractivity contribution in [2.45, 2.75) is 38.6 Å². The fourth-order valence-corrected chi connectivity index (χ4v) is 2.34. The number of nitrogens with one attached hydrogen (secondary N) is 2. The Morgan fingerprint density at radius 3 is 2.75 bits per heavy atom. The summed E-state index contributed by atoms with van der Waals surface area (Å²) in [7, 11) is 0. The van der Waals surface area contributed by atoms with Crippen LogP contribution in [0.15, 0.2) is 24.3 Å². The third-order valence-electron chi connectivity index (χ3n) is 3.58. The molecule has 1 amide bonds. The summed E-state index contributed by atoms with van der Waals surface area (Å²) in [5.74, 6) is 1.20. The molecule has 1 saturated heterocycles. The molecule has 4 heteroatoms. The van der Waals surface area contributed by atoms with Gasteiger partial charge in [0, 0.05) is 12.6 Å². The molecule has 4 nitrogen and oxygen atoms in total. The number of rotatable bonds is 5. The first-order valence-corrected chi connectivity index (χ1v) is 7.38. The van der Waals surface area contributed by atoms with Gasteiger partial charge in [0.1, 0.15) is 5.75 Å². The monoisotopic (exact) mass is 276 g/mol. The van der Waals surface area contributed by atoms with Crippen molar-refractivity contribution in [1.29, 1.82) is 0 Å². The molecule has 0 aliphatic carbocycles. The summed E-state index contributed by atoms with van der Waals surface area (Å²) in [4.78, 5) is 11.8. The van der Waals surface area contributed by atoms with Gasteiger partial charge in [-0.3, -0.25) is 4.79 Å². The molecular formula is C16H24N2O2. The summed E-state index contributed by atoms with van der Waals surface area (Å²) in [6.45, 7) is 6.29. The van der Waals surface area contributed by atoms with Crippen LogP contribution in [0.3, 0.4) is 0 Å². The lowest BCUT2D eigenvalue weighted by Crippen LogP contribution is -2.46. The van der Waals surface area contributed by atoms with Crippen LogP contribution >= 0.6 is 0 Å². The van der Waals surface area contributed by atoms with Crippen molar-refractivity contribution in [3.8, 4) is 5.75 Å². The lowest BCUT2D eigenvalue weighted by atomic mass is 10.0. The van der Waals surface area contributed by atoms with Crippen LogP contribution < -0.4 is 15.4 Å². The Balaban J connectivity index is 1.74. The molecule has 1 fully saturated rings. The van der Waals surface area contributed by atoms with Crippen molar-refractivity contribution in [3.63, 3.8) is 0 Å². The van der Waals surface area contributed by atoms with E-state index in [1.54, 1.807) is 0 Å². The highest BCUT2D eigenvalue weighted by atomic mass is 16.5. The first-order chi connectivity index (χ1) is 9.65. The zero-order chi connectivity index (χ0) is 14.4. The Bertz CT molecular complexity index is 423. The van der Waals surface area contributed by atoms with Gasteiger partial charge in [-0.25, -0.2) is 0 Å². The Hall–Kier alpha value is -1.55. The predicted octanol–water partition coefficient (Wildman–Crippen LogP) is 2.06. The summed E-state index contributed by atoms with van der Waals surface area (Å²) in [5, 5.41) is 6.27. The van der Waals surface area contributed by atoms with Crippen molar-refractivity contribution in [3.05, 3.63) is 29.8 Å². The number of benzene rings is 1. The maximum atomic E-state index is 11.8. The number of carbonyl (C=O) groups excluding carboxylic acids is 1. The second kappa shape index (κ2) is 7.29. The second-order valence-corrected chi connectivity index (χ2v) is 5.62. The van der Waals surface area contributed by atoms with Gasteiger partial charge in [-0.1, -0.05) is 26.0 Å². The highest BCUT2D eigenvalue weighted by Gasteiger charge is 2.15. The molecule has 1 heterocycles. The molecule has 2 N–H and O–H groups in total. The molecule has 0 bridgehead atoms. The van der Waals surface area contributed by atoms with Crippen LogP contribution in [0.4, 0.5) is 0 Å². The molecule has 20 heavy (non-hydrogen) atoms. The van der Waals surface area contributed by atoms with E-state index in [2.05, 4.69) is 24.5 Å². The fourth-order valence-electron chi connectivity index (χ4n) is 2.34. The summed E-state index contributed by atoms with van der Waals surface area (Å²) in [5.41, 5.74) is 1.27. The van der Waals surface area contributed by atoms with Crippen LogP contribution in [0.2, 0.25) is 0 Å². The molecule has 1 aromatic rings. The predicted molar refractivity (Wildman–Crippen MR) is 80.1 cm³/mol. The van der Waals surface area contributed by atoms with E-state index >= 15 is 0 Å². The first-order valence-electron chi connectivity index (χ1n) is 7.38. The molecule has 110 valence electrons. The molecule has 0 spiro atoms.